The number of aryl methyl sites for hydroxylation is 1. The second-order valence-electron chi connectivity index (χ2n) is 4.56. The Hall–Kier alpha value is -1.89. The van der Waals surface area contributed by atoms with Gasteiger partial charge in [0.05, 0.1) is 0 Å². The van der Waals surface area contributed by atoms with Crippen molar-refractivity contribution in [3.63, 3.8) is 0 Å². The average Bonchev–Trinajstić information content (AvgIpc) is 2.39. The third kappa shape index (κ3) is 1.89. The maximum absolute atomic E-state index is 2.36. The fraction of sp³-hybridized carbons (Fsp3) is 0.188. The fourth-order valence-electron chi connectivity index (χ4n) is 2.44. The molecule has 0 unspecified atom stereocenters. The molecule has 1 aliphatic rings. The van der Waals surface area contributed by atoms with E-state index in [0.717, 1.165) is 13.0 Å². The Morgan fingerprint density at radius 3 is 2.59 bits per heavy atom. The highest BCUT2D eigenvalue weighted by Gasteiger charge is 2.18. The summed E-state index contributed by atoms with van der Waals surface area (Å²) in [4.78, 5) is 0. The Kier molecular flexibility index (Phi) is 2.52. The largest absolute Gasteiger partial charge is 0.208 e. The van der Waals surface area contributed by atoms with Gasteiger partial charge in [0.15, 0.2) is 12.8 Å². The van der Waals surface area contributed by atoms with Gasteiger partial charge in [-0.15, -0.1) is 0 Å². The van der Waals surface area contributed by atoms with Crippen molar-refractivity contribution in [1.29, 1.82) is 0 Å². The van der Waals surface area contributed by atoms with Crippen molar-refractivity contribution in [1.82, 2.24) is 0 Å². The normalized spacial score (nSPS) is 14.1. The summed E-state index contributed by atoms with van der Waals surface area (Å²) in [6, 6.07) is 17.2. The van der Waals surface area contributed by atoms with Gasteiger partial charge in [0.25, 0.3) is 0 Å². The molecule has 84 valence electrons. The zero-order chi connectivity index (χ0) is 11.7. The van der Waals surface area contributed by atoms with Gasteiger partial charge in [-0.3, -0.25) is 0 Å². The van der Waals surface area contributed by atoms with Gasteiger partial charge < -0.3 is 0 Å². The van der Waals surface area contributed by atoms with E-state index in [2.05, 4.69) is 66.2 Å². The first-order valence-corrected chi connectivity index (χ1v) is 6.09. The van der Waals surface area contributed by atoms with Crippen LogP contribution < -0.4 is 0 Å². The molecule has 1 heteroatoms. The smallest absolute Gasteiger partial charge is 0.198 e. The highest BCUT2D eigenvalue weighted by atomic mass is 15.0. The van der Waals surface area contributed by atoms with Crippen LogP contribution in [0.2, 0.25) is 0 Å². The first-order valence-electron chi connectivity index (χ1n) is 6.09. The van der Waals surface area contributed by atoms with Crippen LogP contribution in [0.3, 0.4) is 0 Å². The first-order chi connectivity index (χ1) is 8.34. The lowest BCUT2D eigenvalue weighted by molar-refractivity contribution is -0.436. The summed E-state index contributed by atoms with van der Waals surface area (Å²) in [7, 11) is 0. The van der Waals surface area contributed by atoms with Gasteiger partial charge in [-0.2, -0.15) is 4.58 Å². The van der Waals surface area contributed by atoms with Crippen LogP contribution in [0, 0.1) is 6.92 Å². The number of para-hydroxylation sites is 1. The molecule has 17 heavy (non-hydrogen) atoms. The van der Waals surface area contributed by atoms with Crippen molar-refractivity contribution in [3.05, 3.63) is 65.2 Å². The highest BCUT2D eigenvalue weighted by molar-refractivity contribution is 5.79. The molecule has 0 saturated carbocycles. The lowest BCUT2D eigenvalue weighted by Crippen LogP contribution is -2.19. The lowest BCUT2D eigenvalue weighted by atomic mass is 10.0. The number of hydrogen-bond acceptors (Lipinski definition) is 0. The summed E-state index contributed by atoms with van der Waals surface area (Å²) in [5.74, 6) is 0. The van der Waals surface area contributed by atoms with Gasteiger partial charge in [-0.05, 0) is 18.6 Å². The first kappa shape index (κ1) is 10.3. The second-order valence-corrected chi connectivity index (χ2v) is 4.56. The van der Waals surface area contributed by atoms with E-state index in [0.29, 0.717) is 0 Å². The van der Waals surface area contributed by atoms with Crippen molar-refractivity contribution in [2.75, 3.05) is 6.54 Å². The molecule has 0 spiro atoms. The van der Waals surface area contributed by atoms with E-state index in [9.17, 15) is 0 Å². The van der Waals surface area contributed by atoms with Crippen LogP contribution in [-0.4, -0.2) is 17.3 Å². The second kappa shape index (κ2) is 4.17. The number of benzene rings is 2. The van der Waals surface area contributed by atoms with Crippen molar-refractivity contribution < 1.29 is 4.58 Å². The predicted octanol–water partition coefficient (Wildman–Crippen LogP) is 3.31. The maximum atomic E-state index is 2.36. The minimum atomic E-state index is 1.07. The van der Waals surface area contributed by atoms with Crippen LogP contribution in [0.4, 0.5) is 5.69 Å². The van der Waals surface area contributed by atoms with Crippen molar-refractivity contribution in [3.8, 4) is 0 Å². The lowest BCUT2D eigenvalue weighted by Gasteiger charge is -2.12. The van der Waals surface area contributed by atoms with E-state index in [1.807, 2.05) is 0 Å². The minimum absolute atomic E-state index is 1.07. The van der Waals surface area contributed by atoms with E-state index in [1.54, 1.807) is 0 Å². The standard InChI is InChI=1S/C16H16N/c1-13-6-2-5-9-16(13)17-11-10-14-7-3-4-8-15(14)12-17/h2-9,12H,10-11H2,1H3/q+1. The zero-order valence-electron chi connectivity index (χ0n) is 10.1. The molecule has 0 aromatic heterocycles. The van der Waals surface area contributed by atoms with Crippen LogP contribution >= 0.6 is 0 Å². The molecule has 0 fully saturated rings. The minimum Gasteiger partial charge on any atom is -0.198 e. The quantitative estimate of drug-likeness (QED) is 0.651. The van der Waals surface area contributed by atoms with Crippen molar-refractivity contribution in [2.45, 2.75) is 13.3 Å². The Morgan fingerprint density at radius 1 is 0.941 bits per heavy atom. The summed E-state index contributed by atoms with van der Waals surface area (Å²) in [5, 5.41) is 0. The molecule has 0 atom stereocenters. The third-order valence-corrected chi connectivity index (χ3v) is 3.40. The maximum Gasteiger partial charge on any atom is 0.208 e. The molecule has 0 N–H and O–H groups in total. The van der Waals surface area contributed by atoms with Crippen molar-refractivity contribution in [2.24, 2.45) is 0 Å². The Bertz CT molecular complexity index is 582. The Morgan fingerprint density at radius 2 is 1.71 bits per heavy atom. The molecule has 0 bridgehead atoms. The van der Waals surface area contributed by atoms with Crippen LogP contribution in [0.15, 0.2) is 48.5 Å². The summed E-state index contributed by atoms with van der Waals surface area (Å²) >= 11 is 0. The topological polar surface area (TPSA) is 3.01 Å². The molecule has 2 aromatic rings. The molecule has 0 amide bonds. The van der Waals surface area contributed by atoms with E-state index in [-0.39, 0.29) is 0 Å². The molecule has 2 aromatic carbocycles. The van der Waals surface area contributed by atoms with Crippen molar-refractivity contribution >= 4 is 11.9 Å². The third-order valence-electron chi connectivity index (χ3n) is 3.40. The van der Waals surface area contributed by atoms with E-state index < -0.39 is 0 Å². The molecule has 1 aliphatic heterocycles. The van der Waals surface area contributed by atoms with E-state index in [1.165, 1.54) is 22.4 Å². The molecule has 1 heterocycles. The van der Waals surface area contributed by atoms with Crippen LogP contribution in [0.5, 0.6) is 0 Å². The van der Waals surface area contributed by atoms with Gasteiger partial charge in [0.2, 0.25) is 5.69 Å². The molecule has 1 nitrogen and oxygen atoms in total. The SMILES string of the molecule is Cc1ccccc1[N+]1=Cc2ccccc2CC1. The summed E-state index contributed by atoms with van der Waals surface area (Å²) < 4.78 is 2.36. The highest BCUT2D eigenvalue weighted by Crippen LogP contribution is 2.21. The molecule has 0 radical (unpaired) electrons. The summed E-state index contributed by atoms with van der Waals surface area (Å²) in [6.45, 7) is 3.24. The van der Waals surface area contributed by atoms with Gasteiger partial charge in [0.1, 0.15) is 0 Å². The number of nitrogens with zero attached hydrogens (tertiary/aromatic N) is 1. The number of fused-ring (bicyclic) bond motifs is 1. The molecule has 0 saturated heterocycles. The summed E-state index contributed by atoms with van der Waals surface area (Å²) in [5.41, 5.74) is 5.46. The monoisotopic (exact) mass is 222 g/mol. The van der Waals surface area contributed by atoms with Gasteiger partial charge in [-0.25, -0.2) is 0 Å². The van der Waals surface area contributed by atoms with Gasteiger partial charge in [-0.1, -0.05) is 36.4 Å². The molecule has 3 rings (SSSR count). The van der Waals surface area contributed by atoms with E-state index in [4.69, 9.17) is 0 Å². The zero-order valence-corrected chi connectivity index (χ0v) is 10.1. The predicted molar refractivity (Wildman–Crippen MR) is 71.3 cm³/mol. The fourth-order valence-corrected chi connectivity index (χ4v) is 2.44. The van der Waals surface area contributed by atoms with Crippen LogP contribution in [0.25, 0.3) is 0 Å². The summed E-state index contributed by atoms with van der Waals surface area (Å²) in [6.07, 6.45) is 3.39. The molecule has 0 aliphatic carbocycles. The van der Waals surface area contributed by atoms with Crippen LogP contribution in [0.1, 0.15) is 16.7 Å². The Balaban J connectivity index is 2.08. The van der Waals surface area contributed by atoms with Gasteiger partial charge >= 0.3 is 0 Å². The molecular formula is C16H16N+. The average molecular weight is 222 g/mol. The number of rotatable bonds is 1. The van der Waals surface area contributed by atoms with E-state index >= 15 is 0 Å². The number of hydrogen-bond donors (Lipinski definition) is 0. The van der Waals surface area contributed by atoms with Crippen LogP contribution in [-0.2, 0) is 6.42 Å². The molecular weight excluding hydrogens is 206 g/mol. The van der Waals surface area contributed by atoms with Gasteiger partial charge in [0, 0.05) is 23.6 Å². The Labute approximate surface area is 102 Å².